The molecular formula is C12H25N. The second-order valence-corrected chi connectivity index (χ2v) is 4.59. The highest BCUT2D eigenvalue weighted by atomic mass is 14.9. The first-order valence-corrected chi connectivity index (χ1v) is 6.00. The largest absolute Gasteiger partial charge is 0.316 e. The number of hydrogen-bond donors (Lipinski definition) is 1. The van der Waals surface area contributed by atoms with E-state index in [1.165, 1.54) is 38.8 Å². The first kappa shape index (κ1) is 11.0. The maximum absolute atomic E-state index is 3.53. The van der Waals surface area contributed by atoms with Gasteiger partial charge in [0.05, 0.1) is 0 Å². The summed E-state index contributed by atoms with van der Waals surface area (Å²) in [5.41, 5.74) is 0. The quantitative estimate of drug-likeness (QED) is 0.706. The summed E-state index contributed by atoms with van der Waals surface area (Å²) in [6, 6.07) is 0. The van der Waals surface area contributed by atoms with Crippen LogP contribution in [0.25, 0.3) is 0 Å². The molecule has 0 amide bonds. The van der Waals surface area contributed by atoms with Gasteiger partial charge in [-0.05, 0) is 43.7 Å². The molecule has 1 nitrogen and oxygen atoms in total. The van der Waals surface area contributed by atoms with Crippen LogP contribution in [0.1, 0.15) is 46.5 Å². The fourth-order valence-corrected chi connectivity index (χ4v) is 2.68. The molecule has 0 saturated carbocycles. The van der Waals surface area contributed by atoms with Gasteiger partial charge < -0.3 is 5.32 Å². The molecule has 1 heterocycles. The Balaban J connectivity index is 2.45. The molecule has 0 bridgehead atoms. The van der Waals surface area contributed by atoms with E-state index in [9.17, 15) is 0 Å². The summed E-state index contributed by atoms with van der Waals surface area (Å²) >= 11 is 0. The highest BCUT2D eigenvalue weighted by Gasteiger charge is 2.27. The Morgan fingerprint density at radius 2 is 2.15 bits per heavy atom. The lowest BCUT2D eigenvalue weighted by molar-refractivity contribution is 0.170. The molecule has 13 heavy (non-hydrogen) atoms. The summed E-state index contributed by atoms with van der Waals surface area (Å²) < 4.78 is 0. The summed E-state index contributed by atoms with van der Waals surface area (Å²) in [4.78, 5) is 0. The van der Waals surface area contributed by atoms with Crippen molar-refractivity contribution in [2.45, 2.75) is 46.5 Å². The predicted octanol–water partition coefficient (Wildman–Crippen LogP) is 3.06. The van der Waals surface area contributed by atoms with Gasteiger partial charge in [0, 0.05) is 0 Å². The van der Waals surface area contributed by atoms with Gasteiger partial charge in [0.1, 0.15) is 0 Å². The molecule has 0 radical (unpaired) electrons. The zero-order valence-corrected chi connectivity index (χ0v) is 9.47. The van der Waals surface area contributed by atoms with E-state index in [0.29, 0.717) is 0 Å². The number of piperidine rings is 1. The van der Waals surface area contributed by atoms with E-state index in [4.69, 9.17) is 0 Å². The third-order valence-corrected chi connectivity index (χ3v) is 3.70. The topological polar surface area (TPSA) is 12.0 Å². The van der Waals surface area contributed by atoms with Crippen LogP contribution in [-0.2, 0) is 0 Å². The van der Waals surface area contributed by atoms with Crippen LogP contribution in [0.2, 0.25) is 0 Å². The molecule has 1 aliphatic heterocycles. The molecule has 0 aliphatic carbocycles. The average molecular weight is 183 g/mol. The second kappa shape index (κ2) is 5.64. The summed E-state index contributed by atoms with van der Waals surface area (Å²) in [6.07, 6.45) is 5.52. The summed E-state index contributed by atoms with van der Waals surface area (Å²) in [7, 11) is 0. The minimum absolute atomic E-state index is 0.929. The fraction of sp³-hybridized carbons (Fsp3) is 1.00. The Kier molecular flexibility index (Phi) is 4.79. The van der Waals surface area contributed by atoms with E-state index in [1.54, 1.807) is 0 Å². The van der Waals surface area contributed by atoms with Crippen molar-refractivity contribution >= 4 is 0 Å². The first-order chi connectivity index (χ1) is 6.29. The molecule has 1 heteroatoms. The molecule has 3 atom stereocenters. The molecular weight excluding hydrogens is 158 g/mol. The van der Waals surface area contributed by atoms with E-state index in [-0.39, 0.29) is 0 Å². The number of rotatable bonds is 4. The Bertz CT molecular complexity index is 131. The highest BCUT2D eigenvalue weighted by molar-refractivity contribution is 4.80. The van der Waals surface area contributed by atoms with Crippen LogP contribution in [0, 0.1) is 17.8 Å². The van der Waals surface area contributed by atoms with E-state index in [2.05, 4.69) is 26.1 Å². The fourth-order valence-electron chi connectivity index (χ4n) is 2.68. The standard InChI is InChI=1S/C12H25N/c1-4-6-11-9-13-8-7-12(11)10(3)5-2/h10-13H,4-9H2,1-3H3. The van der Waals surface area contributed by atoms with Crippen LogP contribution in [0.3, 0.4) is 0 Å². The SMILES string of the molecule is CCCC1CNCCC1C(C)CC. The normalized spacial score (nSPS) is 31.6. The van der Waals surface area contributed by atoms with Gasteiger partial charge in [0.2, 0.25) is 0 Å². The van der Waals surface area contributed by atoms with Gasteiger partial charge in [-0.2, -0.15) is 0 Å². The minimum atomic E-state index is 0.929. The van der Waals surface area contributed by atoms with Crippen molar-refractivity contribution < 1.29 is 0 Å². The van der Waals surface area contributed by atoms with Gasteiger partial charge in [-0.1, -0.05) is 33.6 Å². The third kappa shape index (κ3) is 2.98. The van der Waals surface area contributed by atoms with Crippen LogP contribution in [0.15, 0.2) is 0 Å². The molecule has 1 saturated heterocycles. The monoisotopic (exact) mass is 183 g/mol. The maximum atomic E-state index is 3.53. The Labute approximate surface area is 83.3 Å². The molecule has 1 aliphatic rings. The zero-order valence-electron chi connectivity index (χ0n) is 9.47. The van der Waals surface area contributed by atoms with E-state index >= 15 is 0 Å². The molecule has 3 unspecified atom stereocenters. The van der Waals surface area contributed by atoms with Gasteiger partial charge in [-0.3, -0.25) is 0 Å². The van der Waals surface area contributed by atoms with Gasteiger partial charge in [0.25, 0.3) is 0 Å². The van der Waals surface area contributed by atoms with Gasteiger partial charge in [-0.15, -0.1) is 0 Å². The van der Waals surface area contributed by atoms with Crippen molar-refractivity contribution in [2.24, 2.45) is 17.8 Å². The minimum Gasteiger partial charge on any atom is -0.316 e. The van der Waals surface area contributed by atoms with Crippen molar-refractivity contribution in [2.75, 3.05) is 13.1 Å². The lowest BCUT2D eigenvalue weighted by Gasteiger charge is -2.36. The van der Waals surface area contributed by atoms with Crippen molar-refractivity contribution in [1.29, 1.82) is 0 Å². The molecule has 0 aromatic rings. The predicted molar refractivity (Wildman–Crippen MR) is 58.8 cm³/mol. The van der Waals surface area contributed by atoms with Crippen molar-refractivity contribution in [3.05, 3.63) is 0 Å². The van der Waals surface area contributed by atoms with E-state index in [0.717, 1.165) is 17.8 Å². The molecule has 0 aromatic heterocycles. The van der Waals surface area contributed by atoms with E-state index in [1.807, 2.05) is 0 Å². The smallest absolute Gasteiger partial charge is 0.00178 e. The van der Waals surface area contributed by atoms with Crippen molar-refractivity contribution in [3.63, 3.8) is 0 Å². The summed E-state index contributed by atoms with van der Waals surface area (Å²) in [5.74, 6) is 2.87. The highest BCUT2D eigenvalue weighted by Crippen LogP contribution is 2.31. The molecule has 1 N–H and O–H groups in total. The Morgan fingerprint density at radius 3 is 2.77 bits per heavy atom. The lowest BCUT2D eigenvalue weighted by Crippen LogP contribution is -2.39. The number of hydrogen-bond acceptors (Lipinski definition) is 1. The zero-order chi connectivity index (χ0) is 9.68. The molecule has 1 rings (SSSR count). The molecule has 0 spiro atoms. The third-order valence-electron chi connectivity index (χ3n) is 3.70. The van der Waals surface area contributed by atoms with Crippen LogP contribution in [0.5, 0.6) is 0 Å². The average Bonchev–Trinajstić information content (AvgIpc) is 2.18. The van der Waals surface area contributed by atoms with Crippen LogP contribution < -0.4 is 5.32 Å². The number of nitrogens with one attached hydrogen (secondary N) is 1. The van der Waals surface area contributed by atoms with Gasteiger partial charge in [-0.25, -0.2) is 0 Å². The van der Waals surface area contributed by atoms with Crippen LogP contribution in [-0.4, -0.2) is 13.1 Å². The van der Waals surface area contributed by atoms with Crippen molar-refractivity contribution in [3.8, 4) is 0 Å². The van der Waals surface area contributed by atoms with Crippen molar-refractivity contribution in [1.82, 2.24) is 5.32 Å². The summed E-state index contributed by atoms with van der Waals surface area (Å²) in [5, 5.41) is 3.53. The van der Waals surface area contributed by atoms with Gasteiger partial charge in [0.15, 0.2) is 0 Å². The second-order valence-electron chi connectivity index (χ2n) is 4.59. The lowest BCUT2D eigenvalue weighted by atomic mass is 9.75. The Hall–Kier alpha value is -0.0400. The maximum Gasteiger partial charge on any atom is -0.00178 e. The van der Waals surface area contributed by atoms with E-state index < -0.39 is 0 Å². The summed E-state index contributed by atoms with van der Waals surface area (Å²) in [6.45, 7) is 9.58. The molecule has 78 valence electrons. The Morgan fingerprint density at radius 1 is 1.38 bits per heavy atom. The first-order valence-electron chi connectivity index (χ1n) is 6.00. The van der Waals surface area contributed by atoms with Crippen LogP contribution >= 0.6 is 0 Å². The van der Waals surface area contributed by atoms with Gasteiger partial charge >= 0.3 is 0 Å². The molecule has 1 fully saturated rings. The molecule has 0 aromatic carbocycles. The van der Waals surface area contributed by atoms with Crippen LogP contribution in [0.4, 0.5) is 0 Å².